The number of benzene rings is 2. The van der Waals surface area contributed by atoms with Crippen LogP contribution < -0.4 is 14.8 Å². The van der Waals surface area contributed by atoms with Gasteiger partial charge in [0.15, 0.2) is 11.5 Å². The lowest BCUT2D eigenvalue weighted by atomic mass is 10.1. The molecule has 4 aromatic rings. The Morgan fingerprint density at radius 3 is 2.50 bits per heavy atom. The fraction of sp³-hybridized carbons (Fsp3) is 0.143. The Balaban J connectivity index is 1.58. The van der Waals surface area contributed by atoms with Gasteiger partial charge in [-0.15, -0.1) is 10.2 Å². The molecule has 2 aromatic heterocycles. The minimum atomic E-state index is -0.359. The highest BCUT2D eigenvalue weighted by molar-refractivity contribution is 7.18. The van der Waals surface area contributed by atoms with Gasteiger partial charge >= 0.3 is 0 Å². The fourth-order valence-corrected chi connectivity index (χ4v) is 3.69. The Hall–Kier alpha value is -3.72. The molecule has 0 atom stereocenters. The number of ether oxygens (including phenoxy) is 2. The van der Waals surface area contributed by atoms with E-state index in [-0.39, 0.29) is 5.91 Å². The Kier molecular flexibility index (Phi) is 5.44. The summed E-state index contributed by atoms with van der Waals surface area (Å²) in [6, 6.07) is 14.8. The van der Waals surface area contributed by atoms with Crippen LogP contribution in [0.5, 0.6) is 11.5 Å². The average molecular weight is 422 g/mol. The number of nitrogens with one attached hydrogen (secondary N) is 1. The molecule has 0 aliphatic heterocycles. The van der Waals surface area contributed by atoms with Crippen molar-refractivity contribution in [2.24, 2.45) is 0 Å². The van der Waals surface area contributed by atoms with Gasteiger partial charge in [-0.25, -0.2) is 0 Å². The van der Waals surface area contributed by atoms with E-state index >= 15 is 0 Å². The van der Waals surface area contributed by atoms with Crippen LogP contribution in [-0.2, 0) is 0 Å². The van der Waals surface area contributed by atoms with Crippen LogP contribution >= 0.6 is 11.3 Å². The fourth-order valence-electron chi connectivity index (χ4n) is 2.95. The molecule has 0 fully saturated rings. The van der Waals surface area contributed by atoms with Crippen LogP contribution in [0.4, 0.5) is 5.13 Å². The van der Waals surface area contributed by atoms with Crippen molar-refractivity contribution in [3.8, 4) is 33.3 Å². The van der Waals surface area contributed by atoms with Gasteiger partial charge in [0.1, 0.15) is 22.0 Å². The van der Waals surface area contributed by atoms with E-state index in [2.05, 4.69) is 20.7 Å². The van der Waals surface area contributed by atoms with E-state index in [9.17, 15) is 4.79 Å². The SMILES string of the molecule is COc1ccc(-c2nnc(NC(=O)c3c(-c4ccccc4)noc3C)s2)cc1OC. The van der Waals surface area contributed by atoms with Crippen molar-refractivity contribution in [2.45, 2.75) is 6.92 Å². The van der Waals surface area contributed by atoms with Crippen LogP contribution in [0, 0.1) is 6.92 Å². The Morgan fingerprint density at radius 2 is 1.77 bits per heavy atom. The summed E-state index contributed by atoms with van der Waals surface area (Å²) in [5.41, 5.74) is 2.44. The summed E-state index contributed by atoms with van der Waals surface area (Å²) in [5.74, 6) is 1.28. The van der Waals surface area contributed by atoms with Crippen LogP contribution in [0.25, 0.3) is 21.8 Å². The molecular formula is C21H18N4O4S. The van der Waals surface area contributed by atoms with E-state index < -0.39 is 0 Å². The van der Waals surface area contributed by atoms with Crippen molar-refractivity contribution < 1.29 is 18.8 Å². The lowest BCUT2D eigenvalue weighted by Crippen LogP contribution is -2.13. The minimum Gasteiger partial charge on any atom is -0.493 e. The van der Waals surface area contributed by atoms with Gasteiger partial charge in [0.2, 0.25) is 5.13 Å². The molecule has 0 bridgehead atoms. The van der Waals surface area contributed by atoms with Crippen LogP contribution in [0.2, 0.25) is 0 Å². The molecule has 1 amide bonds. The Morgan fingerprint density at radius 1 is 1.00 bits per heavy atom. The van der Waals surface area contributed by atoms with Crippen LogP contribution in [-0.4, -0.2) is 35.5 Å². The summed E-state index contributed by atoms with van der Waals surface area (Å²) in [6.45, 7) is 1.70. The molecule has 30 heavy (non-hydrogen) atoms. The molecule has 1 N–H and O–H groups in total. The molecule has 0 spiro atoms. The monoisotopic (exact) mass is 422 g/mol. The molecule has 9 heteroatoms. The van der Waals surface area contributed by atoms with E-state index in [1.54, 1.807) is 27.2 Å². The normalized spacial score (nSPS) is 10.6. The maximum absolute atomic E-state index is 12.9. The molecule has 152 valence electrons. The number of aromatic nitrogens is 3. The van der Waals surface area contributed by atoms with Gasteiger partial charge in [-0.3, -0.25) is 10.1 Å². The minimum absolute atomic E-state index is 0.359. The van der Waals surface area contributed by atoms with Gasteiger partial charge in [-0.1, -0.05) is 46.8 Å². The van der Waals surface area contributed by atoms with Gasteiger partial charge in [0.05, 0.1) is 14.2 Å². The lowest BCUT2D eigenvalue weighted by Gasteiger charge is -2.07. The summed E-state index contributed by atoms with van der Waals surface area (Å²) in [4.78, 5) is 12.9. The highest BCUT2D eigenvalue weighted by Gasteiger charge is 2.23. The quantitative estimate of drug-likeness (QED) is 0.490. The number of methoxy groups -OCH3 is 2. The summed E-state index contributed by atoms with van der Waals surface area (Å²) < 4.78 is 15.8. The standard InChI is InChI=1S/C21H18N4O4S/c1-12-17(18(25-29-12)13-7-5-4-6-8-13)19(26)22-21-24-23-20(30-21)14-9-10-15(27-2)16(11-14)28-3/h4-11H,1-3H3,(H,22,24,26). The predicted molar refractivity (Wildman–Crippen MR) is 113 cm³/mol. The van der Waals surface area contributed by atoms with Crippen LogP contribution in [0.3, 0.4) is 0 Å². The van der Waals surface area contributed by atoms with Gasteiger partial charge in [0, 0.05) is 11.1 Å². The molecular weight excluding hydrogens is 404 g/mol. The van der Waals surface area contributed by atoms with Gasteiger partial charge in [-0.2, -0.15) is 0 Å². The third kappa shape index (κ3) is 3.74. The van der Waals surface area contributed by atoms with Crippen molar-refractivity contribution in [1.29, 1.82) is 0 Å². The number of hydrogen-bond acceptors (Lipinski definition) is 8. The molecule has 2 heterocycles. The Bertz CT molecular complexity index is 1190. The number of carbonyl (C=O) groups is 1. The number of amides is 1. The van der Waals surface area contributed by atoms with E-state index in [0.29, 0.717) is 38.7 Å². The molecule has 0 aliphatic rings. The second-order valence-corrected chi connectivity index (χ2v) is 7.24. The number of aryl methyl sites for hydroxylation is 1. The molecule has 0 saturated carbocycles. The predicted octanol–water partition coefficient (Wildman–Crippen LogP) is 4.44. The first-order chi connectivity index (χ1) is 14.6. The first-order valence-electron chi connectivity index (χ1n) is 8.99. The van der Waals surface area contributed by atoms with E-state index in [4.69, 9.17) is 14.0 Å². The number of hydrogen-bond donors (Lipinski definition) is 1. The van der Waals surface area contributed by atoms with Crippen molar-refractivity contribution in [2.75, 3.05) is 19.5 Å². The van der Waals surface area contributed by atoms with Gasteiger partial charge in [0.25, 0.3) is 5.91 Å². The maximum Gasteiger partial charge on any atom is 0.263 e. The molecule has 0 radical (unpaired) electrons. The molecule has 2 aromatic carbocycles. The average Bonchev–Trinajstić information content (AvgIpc) is 3.40. The Labute approximate surface area is 176 Å². The zero-order valence-corrected chi connectivity index (χ0v) is 17.3. The highest BCUT2D eigenvalue weighted by atomic mass is 32.1. The topological polar surface area (TPSA) is 99.4 Å². The number of anilines is 1. The number of rotatable bonds is 6. The molecule has 8 nitrogen and oxygen atoms in total. The third-order valence-electron chi connectivity index (χ3n) is 4.41. The van der Waals surface area contributed by atoms with E-state index in [1.165, 1.54) is 11.3 Å². The van der Waals surface area contributed by atoms with Crippen molar-refractivity contribution in [1.82, 2.24) is 15.4 Å². The molecule has 0 aliphatic carbocycles. The zero-order valence-electron chi connectivity index (χ0n) is 16.5. The van der Waals surface area contributed by atoms with Crippen molar-refractivity contribution in [3.63, 3.8) is 0 Å². The summed E-state index contributed by atoms with van der Waals surface area (Å²) in [6.07, 6.45) is 0. The van der Waals surface area contributed by atoms with Crippen molar-refractivity contribution in [3.05, 3.63) is 59.9 Å². The molecule has 4 rings (SSSR count). The first-order valence-corrected chi connectivity index (χ1v) is 9.81. The number of carbonyl (C=O) groups excluding carboxylic acids is 1. The van der Waals surface area contributed by atoms with Gasteiger partial charge < -0.3 is 14.0 Å². The molecule has 0 saturated heterocycles. The third-order valence-corrected chi connectivity index (χ3v) is 5.30. The highest BCUT2D eigenvalue weighted by Crippen LogP contribution is 2.34. The number of nitrogens with zero attached hydrogens (tertiary/aromatic N) is 3. The van der Waals surface area contributed by atoms with Gasteiger partial charge in [-0.05, 0) is 25.1 Å². The van der Waals surface area contributed by atoms with Crippen LogP contribution in [0.15, 0.2) is 53.1 Å². The van der Waals surface area contributed by atoms with E-state index in [1.807, 2.05) is 42.5 Å². The largest absolute Gasteiger partial charge is 0.493 e. The van der Waals surface area contributed by atoms with Crippen LogP contribution in [0.1, 0.15) is 16.1 Å². The first kappa shape index (κ1) is 19.6. The lowest BCUT2D eigenvalue weighted by molar-refractivity contribution is 0.102. The summed E-state index contributed by atoms with van der Waals surface area (Å²) in [7, 11) is 3.14. The summed E-state index contributed by atoms with van der Waals surface area (Å²) in [5, 5.41) is 16.1. The van der Waals surface area contributed by atoms with E-state index in [0.717, 1.165) is 11.1 Å². The van der Waals surface area contributed by atoms with Crippen molar-refractivity contribution >= 4 is 22.4 Å². The summed E-state index contributed by atoms with van der Waals surface area (Å²) >= 11 is 1.25. The zero-order chi connectivity index (χ0) is 21.1. The second kappa shape index (κ2) is 8.34. The molecule has 0 unspecified atom stereocenters. The second-order valence-electron chi connectivity index (χ2n) is 6.26. The smallest absolute Gasteiger partial charge is 0.263 e. The maximum atomic E-state index is 12.9.